The molecule has 1 atom stereocenters. The highest BCUT2D eigenvalue weighted by Crippen LogP contribution is 2.20. The van der Waals surface area contributed by atoms with Crippen molar-refractivity contribution >= 4 is 14.8 Å². The van der Waals surface area contributed by atoms with Gasteiger partial charge in [-0.2, -0.15) is 0 Å². The number of ether oxygens (including phenoxy) is 2. The van der Waals surface area contributed by atoms with Gasteiger partial charge in [0.05, 0.1) is 15.4 Å². The molecule has 1 rings (SSSR count). The standard InChI is InChI=1S/C13H19NO3Si/c1-5-12(18(3)4)17-11-7-8-14-9-10(11)13(15)16-6-2/h5,7-9,12,18H,1,6H2,2-4H3. The van der Waals surface area contributed by atoms with E-state index in [1.54, 1.807) is 25.3 Å². The average Bonchev–Trinajstić information content (AvgIpc) is 2.36. The first-order chi connectivity index (χ1) is 8.60. The summed E-state index contributed by atoms with van der Waals surface area (Å²) >= 11 is 0. The second-order valence-corrected chi connectivity index (χ2v) is 7.30. The first-order valence-corrected chi connectivity index (χ1v) is 8.98. The lowest BCUT2D eigenvalue weighted by molar-refractivity contribution is 0.0521. The predicted molar refractivity (Wildman–Crippen MR) is 73.7 cm³/mol. The van der Waals surface area contributed by atoms with E-state index in [1.165, 1.54) is 6.20 Å². The van der Waals surface area contributed by atoms with E-state index in [0.717, 1.165) is 0 Å². The van der Waals surface area contributed by atoms with Crippen LogP contribution in [0.3, 0.4) is 0 Å². The topological polar surface area (TPSA) is 48.4 Å². The van der Waals surface area contributed by atoms with E-state index in [9.17, 15) is 4.79 Å². The van der Waals surface area contributed by atoms with Gasteiger partial charge in [0.25, 0.3) is 0 Å². The molecule has 0 radical (unpaired) electrons. The van der Waals surface area contributed by atoms with Crippen LogP contribution in [0.5, 0.6) is 5.75 Å². The molecule has 0 aliphatic carbocycles. The minimum Gasteiger partial charge on any atom is -0.490 e. The van der Waals surface area contributed by atoms with Gasteiger partial charge in [-0.1, -0.05) is 25.7 Å². The molecule has 0 aliphatic rings. The van der Waals surface area contributed by atoms with Gasteiger partial charge in [-0.05, 0) is 13.0 Å². The third-order valence-electron chi connectivity index (χ3n) is 2.43. The summed E-state index contributed by atoms with van der Waals surface area (Å²) in [4.78, 5) is 15.7. The van der Waals surface area contributed by atoms with Gasteiger partial charge in [-0.3, -0.25) is 4.98 Å². The van der Waals surface area contributed by atoms with E-state index in [-0.39, 0.29) is 5.73 Å². The summed E-state index contributed by atoms with van der Waals surface area (Å²) in [6, 6.07) is 1.68. The van der Waals surface area contributed by atoms with Crippen molar-refractivity contribution in [2.75, 3.05) is 6.61 Å². The van der Waals surface area contributed by atoms with Gasteiger partial charge in [0.1, 0.15) is 17.0 Å². The Morgan fingerprint density at radius 3 is 2.89 bits per heavy atom. The lowest BCUT2D eigenvalue weighted by Gasteiger charge is -2.19. The molecule has 0 N–H and O–H groups in total. The van der Waals surface area contributed by atoms with Crippen LogP contribution >= 0.6 is 0 Å². The van der Waals surface area contributed by atoms with Crippen LogP contribution in [0.4, 0.5) is 0 Å². The zero-order valence-corrected chi connectivity index (χ0v) is 12.2. The van der Waals surface area contributed by atoms with Crippen LogP contribution in [0.1, 0.15) is 17.3 Å². The molecule has 0 saturated heterocycles. The van der Waals surface area contributed by atoms with Crippen molar-refractivity contribution in [1.82, 2.24) is 4.98 Å². The average molecular weight is 265 g/mol. The molecule has 0 fully saturated rings. The maximum Gasteiger partial charge on any atom is 0.343 e. The number of pyridine rings is 1. The summed E-state index contributed by atoms with van der Waals surface area (Å²) in [5.41, 5.74) is 0.349. The van der Waals surface area contributed by atoms with Gasteiger partial charge in [0, 0.05) is 12.4 Å². The lowest BCUT2D eigenvalue weighted by Crippen LogP contribution is -2.29. The molecule has 0 bridgehead atoms. The third kappa shape index (κ3) is 3.70. The summed E-state index contributed by atoms with van der Waals surface area (Å²) in [7, 11) is -1.04. The van der Waals surface area contributed by atoms with Gasteiger partial charge < -0.3 is 9.47 Å². The highest BCUT2D eigenvalue weighted by Gasteiger charge is 2.18. The van der Waals surface area contributed by atoms with Crippen LogP contribution in [0.15, 0.2) is 31.1 Å². The number of carbonyl (C=O) groups excluding carboxylic acids is 1. The van der Waals surface area contributed by atoms with E-state index in [4.69, 9.17) is 9.47 Å². The largest absolute Gasteiger partial charge is 0.490 e. The Hall–Kier alpha value is -1.62. The zero-order chi connectivity index (χ0) is 13.5. The molecular weight excluding hydrogens is 246 g/mol. The number of rotatable bonds is 6. The fourth-order valence-electron chi connectivity index (χ4n) is 1.45. The monoisotopic (exact) mass is 265 g/mol. The normalized spacial score (nSPS) is 12.0. The number of carbonyl (C=O) groups is 1. The quantitative estimate of drug-likeness (QED) is 0.449. The van der Waals surface area contributed by atoms with Crippen LogP contribution in [0.2, 0.25) is 13.1 Å². The second kappa shape index (κ2) is 6.96. The van der Waals surface area contributed by atoms with Crippen molar-refractivity contribution in [3.63, 3.8) is 0 Å². The van der Waals surface area contributed by atoms with Gasteiger partial charge in [0.15, 0.2) is 0 Å². The minimum atomic E-state index is -1.04. The fourth-order valence-corrected chi connectivity index (χ4v) is 2.41. The fraction of sp³-hybridized carbons (Fsp3) is 0.385. The van der Waals surface area contributed by atoms with E-state index >= 15 is 0 Å². The van der Waals surface area contributed by atoms with Gasteiger partial charge >= 0.3 is 5.97 Å². The molecule has 0 spiro atoms. The third-order valence-corrected chi connectivity index (χ3v) is 4.15. The van der Waals surface area contributed by atoms with Crippen molar-refractivity contribution in [2.24, 2.45) is 0 Å². The first-order valence-electron chi connectivity index (χ1n) is 6.00. The summed E-state index contributed by atoms with van der Waals surface area (Å²) in [5.74, 6) is 0.100. The summed E-state index contributed by atoms with van der Waals surface area (Å²) in [6.45, 7) is 10.2. The Bertz CT molecular complexity index is 420. The molecule has 5 heteroatoms. The van der Waals surface area contributed by atoms with Crippen molar-refractivity contribution in [2.45, 2.75) is 25.7 Å². The van der Waals surface area contributed by atoms with E-state index in [2.05, 4.69) is 24.7 Å². The van der Waals surface area contributed by atoms with Crippen molar-refractivity contribution in [3.8, 4) is 5.75 Å². The number of aromatic nitrogens is 1. The molecule has 1 unspecified atom stereocenters. The molecule has 18 heavy (non-hydrogen) atoms. The Kier molecular flexibility index (Phi) is 5.58. The maximum absolute atomic E-state index is 11.7. The minimum absolute atomic E-state index is 0.0134. The molecule has 0 saturated carbocycles. The number of hydrogen-bond acceptors (Lipinski definition) is 4. The van der Waals surface area contributed by atoms with Crippen LogP contribution in [0.25, 0.3) is 0 Å². The lowest BCUT2D eigenvalue weighted by atomic mass is 10.2. The molecule has 1 aromatic heterocycles. The van der Waals surface area contributed by atoms with Gasteiger partial charge in [0.2, 0.25) is 0 Å². The highest BCUT2D eigenvalue weighted by molar-refractivity contribution is 6.57. The smallest absolute Gasteiger partial charge is 0.343 e. The Labute approximate surface area is 109 Å². The van der Waals surface area contributed by atoms with Gasteiger partial charge in [-0.15, -0.1) is 0 Å². The Morgan fingerprint density at radius 1 is 1.61 bits per heavy atom. The molecule has 1 heterocycles. The SMILES string of the molecule is C=CC(Oc1ccncc1C(=O)OCC)[SiH](C)C. The second-order valence-electron chi connectivity index (χ2n) is 4.15. The van der Waals surface area contributed by atoms with Crippen LogP contribution in [-0.2, 0) is 4.74 Å². The van der Waals surface area contributed by atoms with Crippen LogP contribution in [-0.4, -0.2) is 32.1 Å². The zero-order valence-electron chi connectivity index (χ0n) is 11.1. The van der Waals surface area contributed by atoms with Crippen molar-refractivity contribution in [3.05, 3.63) is 36.7 Å². The molecule has 0 aromatic carbocycles. The number of esters is 1. The summed E-state index contributed by atoms with van der Waals surface area (Å²) < 4.78 is 10.8. The molecule has 0 aliphatic heterocycles. The van der Waals surface area contributed by atoms with Crippen molar-refractivity contribution in [1.29, 1.82) is 0 Å². The number of hydrogen-bond donors (Lipinski definition) is 0. The Balaban J connectivity index is 2.94. The van der Waals surface area contributed by atoms with E-state index in [0.29, 0.717) is 17.9 Å². The summed E-state index contributed by atoms with van der Waals surface area (Å²) in [6.07, 6.45) is 4.85. The predicted octanol–water partition coefficient (Wildman–Crippen LogP) is 2.22. The molecule has 0 amide bonds. The molecular formula is C13H19NO3Si. The number of nitrogens with zero attached hydrogens (tertiary/aromatic N) is 1. The summed E-state index contributed by atoms with van der Waals surface area (Å²) in [5, 5.41) is 0. The molecule has 1 aromatic rings. The van der Waals surface area contributed by atoms with Crippen LogP contribution in [0, 0.1) is 0 Å². The molecule has 98 valence electrons. The van der Waals surface area contributed by atoms with Crippen LogP contribution < -0.4 is 4.74 Å². The van der Waals surface area contributed by atoms with E-state index < -0.39 is 14.8 Å². The highest BCUT2D eigenvalue weighted by atomic mass is 28.3. The first kappa shape index (κ1) is 14.4. The van der Waals surface area contributed by atoms with Crippen molar-refractivity contribution < 1.29 is 14.3 Å². The maximum atomic E-state index is 11.7. The molecule has 4 nitrogen and oxygen atoms in total. The van der Waals surface area contributed by atoms with Gasteiger partial charge in [-0.25, -0.2) is 4.79 Å². The Morgan fingerprint density at radius 2 is 2.33 bits per heavy atom. The van der Waals surface area contributed by atoms with E-state index in [1.807, 2.05) is 0 Å².